The van der Waals surface area contributed by atoms with Crippen molar-refractivity contribution < 1.29 is 18.7 Å². The maximum absolute atomic E-state index is 12.5. The van der Waals surface area contributed by atoms with E-state index in [4.69, 9.17) is 25.5 Å². The zero-order valence-corrected chi connectivity index (χ0v) is 17.5. The van der Waals surface area contributed by atoms with Gasteiger partial charge >= 0.3 is 0 Å². The molecular weight excluding hydrogens is 418 g/mol. The number of halogens is 1. The number of carbonyl (C=O) groups excluding carboxylic acids is 1. The van der Waals surface area contributed by atoms with Gasteiger partial charge in [-0.3, -0.25) is 9.48 Å². The van der Waals surface area contributed by atoms with Gasteiger partial charge in [0.25, 0.3) is 5.91 Å². The summed E-state index contributed by atoms with van der Waals surface area (Å²) in [4.78, 5) is 12.5. The van der Waals surface area contributed by atoms with Crippen LogP contribution in [-0.2, 0) is 13.2 Å². The molecule has 0 aliphatic carbocycles. The molecule has 2 aromatic carbocycles. The van der Waals surface area contributed by atoms with Gasteiger partial charge in [0, 0.05) is 23.4 Å². The average molecular weight is 438 g/mol. The molecule has 0 fully saturated rings. The van der Waals surface area contributed by atoms with Crippen LogP contribution in [0.5, 0.6) is 11.5 Å². The lowest BCUT2D eigenvalue weighted by molar-refractivity contribution is 0.0992. The molecule has 0 unspecified atom stereocenters. The smallest absolute Gasteiger partial charge is 0.292 e. The van der Waals surface area contributed by atoms with Crippen molar-refractivity contribution in [2.24, 2.45) is 0 Å². The number of ether oxygens (including phenoxy) is 2. The number of aromatic nitrogens is 2. The van der Waals surface area contributed by atoms with Gasteiger partial charge < -0.3 is 19.2 Å². The summed E-state index contributed by atoms with van der Waals surface area (Å²) in [6.07, 6.45) is 1.77. The number of hydrogen-bond donors (Lipinski definition) is 1. The molecule has 0 saturated carbocycles. The molecule has 4 rings (SSSR count). The zero-order valence-electron chi connectivity index (χ0n) is 16.7. The summed E-state index contributed by atoms with van der Waals surface area (Å²) >= 11 is 6.19. The van der Waals surface area contributed by atoms with E-state index in [1.54, 1.807) is 42.3 Å². The largest absolute Gasteiger partial charge is 0.497 e. The normalized spacial score (nSPS) is 10.6. The van der Waals surface area contributed by atoms with Crippen LogP contribution >= 0.6 is 11.6 Å². The first-order valence-electron chi connectivity index (χ1n) is 9.54. The second-order valence-electron chi connectivity index (χ2n) is 6.68. The molecule has 0 aliphatic rings. The van der Waals surface area contributed by atoms with Crippen LogP contribution in [0, 0.1) is 0 Å². The Morgan fingerprint density at radius 3 is 2.77 bits per heavy atom. The molecule has 0 atom stereocenters. The van der Waals surface area contributed by atoms with Gasteiger partial charge in [0.15, 0.2) is 11.6 Å². The first-order valence-corrected chi connectivity index (χ1v) is 9.92. The summed E-state index contributed by atoms with van der Waals surface area (Å²) in [7, 11) is 1.59. The number of rotatable bonds is 8. The number of anilines is 1. The summed E-state index contributed by atoms with van der Waals surface area (Å²) in [5, 5.41) is 7.75. The maximum Gasteiger partial charge on any atom is 0.292 e. The summed E-state index contributed by atoms with van der Waals surface area (Å²) < 4.78 is 18.1. The molecule has 8 heteroatoms. The third-order valence-electron chi connectivity index (χ3n) is 4.48. The maximum atomic E-state index is 12.5. The highest BCUT2D eigenvalue weighted by Crippen LogP contribution is 2.21. The quantitative estimate of drug-likeness (QED) is 0.419. The van der Waals surface area contributed by atoms with Gasteiger partial charge in [0.05, 0.1) is 13.7 Å². The fraction of sp³-hybridized carbons (Fsp3) is 0.130. The lowest BCUT2D eigenvalue weighted by Gasteiger charge is -2.06. The average Bonchev–Trinajstić information content (AvgIpc) is 3.44. The van der Waals surface area contributed by atoms with Crippen LogP contribution in [0.3, 0.4) is 0 Å². The Morgan fingerprint density at radius 2 is 1.94 bits per heavy atom. The number of amides is 1. The van der Waals surface area contributed by atoms with Crippen LogP contribution in [0.1, 0.15) is 21.9 Å². The lowest BCUT2D eigenvalue weighted by atomic mass is 10.2. The van der Waals surface area contributed by atoms with Crippen molar-refractivity contribution in [1.82, 2.24) is 9.78 Å². The van der Waals surface area contributed by atoms with Crippen molar-refractivity contribution in [3.05, 3.63) is 95.0 Å². The number of nitrogens with zero attached hydrogens (tertiary/aromatic N) is 2. The van der Waals surface area contributed by atoms with Crippen molar-refractivity contribution in [3.8, 4) is 11.5 Å². The minimum absolute atomic E-state index is 0.171. The van der Waals surface area contributed by atoms with Gasteiger partial charge in [0.1, 0.15) is 23.9 Å². The molecule has 0 spiro atoms. The summed E-state index contributed by atoms with van der Waals surface area (Å²) in [5.74, 6) is 2.07. The highest BCUT2D eigenvalue weighted by atomic mass is 35.5. The van der Waals surface area contributed by atoms with E-state index >= 15 is 0 Å². The van der Waals surface area contributed by atoms with E-state index in [1.807, 2.05) is 42.5 Å². The predicted octanol–water partition coefficient (Wildman–Crippen LogP) is 5.02. The Labute approximate surface area is 184 Å². The molecule has 2 heterocycles. The summed E-state index contributed by atoms with van der Waals surface area (Å²) in [6, 6.07) is 19.8. The topological polar surface area (TPSA) is 78.5 Å². The van der Waals surface area contributed by atoms with Crippen molar-refractivity contribution >= 4 is 23.3 Å². The third kappa shape index (κ3) is 5.26. The van der Waals surface area contributed by atoms with Crippen molar-refractivity contribution in [2.75, 3.05) is 12.4 Å². The SMILES string of the molecule is COc1cccc(OCc2ccc(C(=O)Nc3ccn(Cc4ccccc4Cl)n3)o2)c1. The lowest BCUT2D eigenvalue weighted by Crippen LogP contribution is -2.12. The molecular formula is C23H20ClN3O4. The Balaban J connectivity index is 1.34. The molecule has 2 aromatic heterocycles. The standard InChI is InChI=1S/C23H20ClN3O4/c1-29-17-6-4-7-18(13-17)30-15-19-9-10-21(31-19)23(28)25-22-11-12-27(26-22)14-16-5-2-3-8-20(16)24/h2-13H,14-15H2,1H3,(H,25,26,28). The van der Waals surface area contributed by atoms with Gasteiger partial charge in [-0.15, -0.1) is 0 Å². The number of nitrogens with one attached hydrogen (secondary N) is 1. The molecule has 1 amide bonds. The minimum atomic E-state index is -0.393. The fourth-order valence-corrected chi connectivity index (χ4v) is 3.11. The highest BCUT2D eigenvalue weighted by molar-refractivity contribution is 6.31. The van der Waals surface area contributed by atoms with Gasteiger partial charge in [-0.1, -0.05) is 35.9 Å². The number of hydrogen-bond acceptors (Lipinski definition) is 5. The highest BCUT2D eigenvalue weighted by Gasteiger charge is 2.13. The van der Waals surface area contributed by atoms with Gasteiger partial charge in [-0.05, 0) is 35.9 Å². The second-order valence-corrected chi connectivity index (χ2v) is 7.08. The van der Waals surface area contributed by atoms with Crippen molar-refractivity contribution in [1.29, 1.82) is 0 Å². The van der Waals surface area contributed by atoms with Gasteiger partial charge in [-0.2, -0.15) is 5.10 Å². The van der Waals surface area contributed by atoms with E-state index in [9.17, 15) is 4.79 Å². The predicted molar refractivity (Wildman–Crippen MR) is 117 cm³/mol. The van der Waals surface area contributed by atoms with Gasteiger partial charge in [-0.25, -0.2) is 0 Å². The molecule has 0 bridgehead atoms. The molecule has 7 nitrogen and oxygen atoms in total. The minimum Gasteiger partial charge on any atom is -0.497 e. The monoisotopic (exact) mass is 437 g/mol. The fourth-order valence-electron chi connectivity index (χ4n) is 2.92. The van der Waals surface area contributed by atoms with Crippen LogP contribution in [0.2, 0.25) is 5.02 Å². The first kappa shape index (κ1) is 20.6. The number of furan rings is 1. The number of methoxy groups -OCH3 is 1. The van der Waals surface area contributed by atoms with E-state index in [-0.39, 0.29) is 12.4 Å². The first-order chi connectivity index (χ1) is 15.1. The summed E-state index contributed by atoms with van der Waals surface area (Å²) in [5.41, 5.74) is 0.942. The van der Waals surface area contributed by atoms with Crippen LogP contribution in [0.4, 0.5) is 5.82 Å². The van der Waals surface area contributed by atoms with E-state index in [0.717, 1.165) is 5.56 Å². The Kier molecular flexibility index (Phi) is 6.24. The summed E-state index contributed by atoms with van der Waals surface area (Å²) in [6.45, 7) is 0.689. The molecule has 158 valence electrons. The van der Waals surface area contributed by atoms with E-state index in [1.165, 1.54) is 0 Å². The molecule has 31 heavy (non-hydrogen) atoms. The molecule has 0 radical (unpaired) electrons. The van der Waals surface area contributed by atoms with E-state index < -0.39 is 5.91 Å². The Morgan fingerprint density at radius 1 is 1.10 bits per heavy atom. The number of carbonyl (C=O) groups is 1. The molecule has 1 N–H and O–H groups in total. The van der Waals surface area contributed by atoms with E-state index in [0.29, 0.717) is 34.6 Å². The van der Waals surface area contributed by atoms with Crippen molar-refractivity contribution in [3.63, 3.8) is 0 Å². The number of benzene rings is 2. The van der Waals surface area contributed by atoms with Crippen LogP contribution in [0.25, 0.3) is 0 Å². The van der Waals surface area contributed by atoms with Crippen LogP contribution < -0.4 is 14.8 Å². The zero-order chi connectivity index (χ0) is 21.6. The van der Waals surface area contributed by atoms with E-state index in [2.05, 4.69) is 10.4 Å². The molecule has 0 saturated heterocycles. The van der Waals surface area contributed by atoms with Crippen LogP contribution in [-0.4, -0.2) is 22.8 Å². The Bertz CT molecular complexity index is 1180. The molecule has 4 aromatic rings. The Hall–Kier alpha value is -3.71. The molecule has 0 aliphatic heterocycles. The third-order valence-corrected chi connectivity index (χ3v) is 4.85. The second kappa shape index (κ2) is 9.40. The van der Waals surface area contributed by atoms with Gasteiger partial charge in [0.2, 0.25) is 0 Å². The van der Waals surface area contributed by atoms with Crippen molar-refractivity contribution in [2.45, 2.75) is 13.2 Å². The van der Waals surface area contributed by atoms with Crippen LogP contribution in [0.15, 0.2) is 77.3 Å².